The van der Waals surface area contributed by atoms with Crippen molar-refractivity contribution in [3.63, 3.8) is 0 Å². The summed E-state index contributed by atoms with van der Waals surface area (Å²) in [7, 11) is 0. The van der Waals surface area contributed by atoms with Gasteiger partial charge in [-0.15, -0.1) is 0 Å². The molecule has 0 saturated carbocycles. The largest absolute Gasteiger partial charge is 0.396 e. The molecule has 0 heterocycles. The Kier molecular flexibility index (Phi) is 5.55. The van der Waals surface area contributed by atoms with Crippen LogP contribution in [0.3, 0.4) is 0 Å². The average Bonchev–Trinajstić information content (AvgIpc) is 2.77. The van der Waals surface area contributed by atoms with Crippen LogP contribution in [-0.2, 0) is 11.2 Å². The molecular weight excluding hydrogens is 293 g/mol. The Balaban J connectivity index is 2.26. The predicted octanol–water partition coefficient (Wildman–Crippen LogP) is 4.47. The van der Waals surface area contributed by atoms with Crippen molar-refractivity contribution in [3.05, 3.63) is 29.1 Å². The molecule has 1 atom stereocenters. The van der Waals surface area contributed by atoms with Gasteiger partial charge in [0.2, 0.25) is 0 Å². The number of nitrogen functional groups attached to an aromatic ring is 1. The van der Waals surface area contributed by atoms with Crippen molar-refractivity contribution in [2.24, 2.45) is 5.41 Å². The Labute approximate surface area is 137 Å². The second-order valence-corrected chi connectivity index (χ2v) is 6.71. The van der Waals surface area contributed by atoms with Crippen LogP contribution in [0.1, 0.15) is 74.7 Å². The number of Topliss-reactive ketones (excluding diaryl/α,β-unsaturated/α-hetero) is 2. The second kappa shape index (κ2) is 7.24. The van der Waals surface area contributed by atoms with Gasteiger partial charge in [-0.2, -0.15) is 0 Å². The Hall–Kier alpha value is -1.71. The van der Waals surface area contributed by atoms with E-state index in [1.807, 2.05) is 6.92 Å². The van der Waals surface area contributed by atoms with E-state index in [2.05, 4.69) is 6.92 Å². The molecule has 126 valence electrons. The smallest absolute Gasteiger partial charge is 0.169 e. The first-order valence-electron chi connectivity index (χ1n) is 8.58. The van der Waals surface area contributed by atoms with Gasteiger partial charge >= 0.3 is 0 Å². The molecule has 0 aromatic heterocycles. The van der Waals surface area contributed by atoms with Crippen LogP contribution in [-0.4, -0.2) is 11.6 Å². The van der Waals surface area contributed by atoms with Crippen LogP contribution in [0.5, 0.6) is 0 Å². The minimum absolute atomic E-state index is 0.0100. The number of benzene rings is 1. The van der Waals surface area contributed by atoms with Gasteiger partial charge < -0.3 is 5.73 Å². The van der Waals surface area contributed by atoms with Crippen LogP contribution in [0.25, 0.3) is 0 Å². The number of halogens is 1. The number of fused-ring (bicyclic) bond motifs is 1. The Bertz CT molecular complexity index is 612. The van der Waals surface area contributed by atoms with E-state index in [1.165, 1.54) is 6.07 Å². The van der Waals surface area contributed by atoms with Crippen LogP contribution >= 0.6 is 0 Å². The third-order valence-electron chi connectivity index (χ3n) is 4.90. The lowest BCUT2D eigenvalue weighted by Gasteiger charge is -2.27. The number of hydrogen-bond donors (Lipinski definition) is 1. The van der Waals surface area contributed by atoms with Gasteiger partial charge in [0.05, 0.1) is 5.69 Å². The highest BCUT2D eigenvalue weighted by molar-refractivity contribution is 6.05. The van der Waals surface area contributed by atoms with Gasteiger partial charge in [0.15, 0.2) is 5.78 Å². The third kappa shape index (κ3) is 3.62. The summed E-state index contributed by atoms with van der Waals surface area (Å²) in [6, 6.07) is 2.86. The molecule has 2 rings (SSSR count). The van der Waals surface area contributed by atoms with Gasteiger partial charge in [-0.25, -0.2) is 4.39 Å². The molecule has 1 aromatic rings. The Morgan fingerprint density at radius 2 is 1.96 bits per heavy atom. The summed E-state index contributed by atoms with van der Waals surface area (Å²) < 4.78 is 13.7. The first-order valence-corrected chi connectivity index (χ1v) is 8.58. The third-order valence-corrected chi connectivity index (χ3v) is 4.90. The highest BCUT2D eigenvalue weighted by Gasteiger charge is 2.45. The van der Waals surface area contributed by atoms with Gasteiger partial charge in [-0.3, -0.25) is 9.59 Å². The summed E-state index contributed by atoms with van der Waals surface area (Å²) >= 11 is 0. The zero-order valence-electron chi connectivity index (χ0n) is 14.1. The van der Waals surface area contributed by atoms with E-state index in [4.69, 9.17) is 5.73 Å². The number of unbranched alkanes of at least 4 members (excludes halogenated alkanes) is 1. The molecule has 1 aliphatic rings. The number of anilines is 1. The van der Waals surface area contributed by atoms with Crippen LogP contribution < -0.4 is 5.73 Å². The Morgan fingerprint density at radius 3 is 2.61 bits per heavy atom. The number of rotatable bonds is 8. The first-order chi connectivity index (χ1) is 10.9. The Morgan fingerprint density at radius 1 is 1.22 bits per heavy atom. The van der Waals surface area contributed by atoms with Crippen molar-refractivity contribution in [1.82, 2.24) is 0 Å². The fourth-order valence-corrected chi connectivity index (χ4v) is 3.55. The molecule has 2 N–H and O–H groups in total. The number of hydrogen-bond acceptors (Lipinski definition) is 3. The standard InChI is InChI=1S/C19H26FNO2/c1-3-5-8-19(9-7-14(22)6-4-2)12-13-10-17(21)16(20)11-15(13)18(19)23/h10-11H,3-9,12,21H2,1-2H3. The molecule has 1 aliphatic carbocycles. The maximum atomic E-state index is 13.7. The number of nitrogens with two attached hydrogens (primary N) is 1. The van der Waals surface area contributed by atoms with E-state index in [0.29, 0.717) is 31.2 Å². The number of carbonyl (C=O) groups excluding carboxylic acids is 2. The lowest BCUT2D eigenvalue weighted by molar-refractivity contribution is -0.119. The highest BCUT2D eigenvalue weighted by atomic mass is 19.1. The van der Waals surface area contributed by atoms with E-state index < -0.39 is 11.2 Å². The summed E-state index contributed by atoms with van der Waals surface area (Å²) in [6.07, 6.45) is 5.62. The maximum Gasteiger partial charge on any atom is 0.169 e. The van der Waals surface area contributed by atoms with Crippen LogP contribution in [0, 0.1) is 11.2 Å². The fraction of sp³-hybridized carbons (Fsp3) is 0.579. The number of ketones is 2. The number of carbonyl (C=O) groups is 2. The highest BCUT2D eigenvalue weighted by Crippen LogP contribution is 2.45. The molecule has 0 bridgehead atoms. The van der Waals surface area contributed by atoms with E-state index >= 15 is 0 Å². The van der Waals surface area contributed by atoms with E-state index in [-0.39, 0.29) is 17.3 Å². The first kappa shape index (κ1) is 17.6. The molecule has 1 aromatic carbocycles. The van der Waals surface area contributed by atoms with Crippen molar-refractivity contribution in [2.45, 2.75) is 65.2 Å². The lowest BCUT2D eigenvalue weighted by atomic mass is 9.74. The molecule has 4 heteroatoms. The van der Waals surface area contributed by atoms with Crippen LogP contribution in [0.4, 0.5) is 10.1 Å². The van der Waals surface area contributed by atoms with Gasteiger partial charge in [0.1, 0.15) is 11.6 Å². The lowest BCUT2D eigenvalue weighted by Crippen LogP contribution is -2.29. The van der Waals surface area contributed by atoms with Crippen molar-refractivity contribution in [1.29, 1.82) is 0 Å². The fourth-order valence-electron chi connectivity index (χ4n) is 3.55. The van der Waals surface area contributed by atoms with Gasteiger partial charge in [-0.05, 0) is 43.4 Å². The average molecular weight is 319 g/mol. The minimum atomic E-state index is -0.554. The summed E-state index contributed by atoms with van der Waals surface area (Å²) in [4.78, 5) is 24.9. The molecule has 0 saturated heterocycles. The van der Waals surface area contributed by atoms with Crippen molar-refractivity contribution >= 4 is 17.3 Å². The molecule has 0 aliphatic heterocycles. The summed E-state index contributed by atoms with van der Waals surface area (Å²) in [5.74, 6) is -0.340. The van der Waals surface area contributed by atoms with Crippen LogP contribution in [0.15, 0.2) is 12.1 Å². The quantitative estimate of drug-likeness (QED) is 0.719. The van der Waals surface area contributed by atoms with Crippen molar-refractivity contribution in [2.75, 3.05) is 5.73 Å². The van der Waals surface area contributed by atoms with Gasteiger partial charge in [0.25, 0.3) is 0 Å². The van der Waals surface area contributed by atoms with E-state index in [1.54, 1.807) is 6.07 Å². The van der Waals surface area contributed by atoms with Crippen LogP contribution in [0.2, 0.25) is 0 Å². The second-order valence-electron chi connectivity index (χ2n) is 6.71. The monoisotopic (exact) mass is 319 g/mol. The normalized spacial score (nSPS) is 19.9. The van der Waals surface area contributed by atoms with E-state index in [0.717, 1.165) is 31.2 Å². The maximum absolute atomic E-state index is 13.7. The topological polar surface area (TPSA) is 60.2 Å². The zero-order chi connectivity index (χ0) is 17.0. The summed E-state index contributed by atoms with van der Waals surface area (Å²) in [6.45, 7) is 4.06. The molecule has 0 radical (unpaired) electrons. The predicted molar refractivity (Wildman–Crippen MR) is 90.0 cm³/mol. The van der Waals surface area contributed by atoms with E-state index in [9.17, 15) is 14.0 Å². The van der Waals surface area contributed by atoms with Gasteiger partial charge in [0, 0.05) is 23.8 Å². The van der Waals surface area contributed by atoms with Crippen molar-refractivity contribution < 1.29 is 14.0 Å². The summed E-state index contributed by atoms with van der Waals surface area (Å²) in [5.41, 5.74) is 6.46. The summed E-state index contributed by atoms with van der Waals surface area (Å²) in [5, 5.41) is 0. The van der Waals surface area contributed by atoms with Crippen molar-refractivity contribution in [3.8, 4) is 0 Å². The molecular formula is C19H26FNO2. The molecule has 0 fully saturated rings. The van der Waals surface area contributed by atoms with Gasteiger partial charge in [-0.1, -0.05) is 26.7 Å². The SMILES string of the molecule is CCCCC1(CCC(=O)CCC)Cc2cc(N)c(F)cc2C1=O. The molecule has 23 heavy (non-hydrogen) atoms. The molecule has 0 amide bonds. The molecule has 0 spiro atoms. The zero-order valence-corrected chi connectivity index (χ0v) is 14.1. The molecule has 1 unspecified atom stereocenters. The minimum Gasteiger partial charge on any atom is -0.396 e. The molecule has 3 nitrogen and oxygen atoms in total.